The Morgan fingerprint density at radius 3 is 2.41 bits per heavy atom. The van der Waals surface area contributed by atoms with E-state index >= 15 is 0 Å². The molecule has 0 atom stereocenters. The average molecular weight is 233 g/mol. The predicted molar refractivity (Wildman–Crippen MR) is 71.7 cm³/mol. The van der Waals surface area contributed by atoms with Crippen molar-refractivity contribution >= 4 is 0 Å². The number of hydrogen-bond donors (Lipinski definition) is 1. The van der Waals surface area contributed by atoms with Crippen LogP contribution in [0.4, 0.5) is 0 Å². The number of ether oxygens (including phenoxy) is 1. The first kappa shape index (κ1) is 12.4. The molecule has 0 heterocycles. The molecule has 1 aromatic rings. The van der Waals surface area contributed by atoms with Crippen molar-refractivity contribution in [3.63, 3.8) is 0 Å². The van der Waals surface area contributed by atoms with Gasteiger partial charge in [-0.05, 0) is 43.5 Å². The van der Waals surface area contributed by atoms with Crippen LogP contribution in [0.3, 0.4) is 0 Å². The average Bonchev–Trinajstić information content (AvgIpc) is 2.33. The van der Waals surface area contributed by atoms with E-state index in [0.717, 1.165) is 18.8 Å². The maximum Gasteiger partial charge on any atom is 0.118 e. The Hall–Kier alpha value is -1.02. The van der Waals surface area contributed by atoms with E-state index in [-0.39, 0.29) is 0 Å². The second-order valence-corrected chi connectivity index (χ2v) is 5.04. The van der Waals surface area contributed by atoms with Crippen LogP contribution in [0.25, 0.3) is 0 Å². The summed E-state index contributed by atoms with van der Waals surface area (Å²) in [6, 6.07) is 8.61. The van der Waals surface area contributed by atoms with Crippen LogP contribution >= 0.6 is 0 Å². The fourth-order valence-corrected chi connectivity index (χ4v) is 2.62. The minimum atomic E-state index is 0.390. The van der Waals surface area contributed by atoms with Gasteiger partial charge in [0.15, 0.2) is 0 Å². The van der Waals surface area contributed by atoms with Gasteiger partial charge in [0.1, 0.15) is 5.75 Å². The molecule has 1 aliphatic rings. The summed E-state index contributed by atoms with van der Waals surface area (Å²) in [7, 11) is 1.72. The Bertz CT molecular complexity index is 340. The molecule has 0 saturated heterocycles. The topological polar surface area (TPSA) is 21.3 Å². The van der Waals surface area contributed by atoms with Crippen molar-refractivity contribution < 1.29 is 4.74 Å². The lowest BCUT2D eigenvalue weighted by molar-refractivity contribution is 0.234. The molecule has 17 heavy (non-hydrogen) atoms. The molecule has 2 heteroatoms. The standard InChI is InChI=1S/C15H23NO/c1-3-11-16-12-15(9-4-10-15)13-5-7-14(17-2)8-6-13/h5-8,16H,3-4,9-12H2,1-2H3. The van der Waals surface area contributed by atoms with E-state index in [4.69, 9.17) is 4.74 Å². The van der Waals surface area contributed by atoms with Gasteiger partial charge in [-0.25, -0.2) is 0 Å². The van der Waals surface area contributed by atoms with Crippen LogP contribution in [0, 0.1) is 0 Å². The van der Waals surface area contributed by atoms with Gasteiger partial charge >= 0.3 is 0 Å². The Kier molecular flexibility index (Phi) is 4.06. The summed E-state index contributed by atoms with van der Waals surface area (Å²) < 4.78 is 5.22. The molecule has 0 bridgehead atoms. The molecule has 1 saturated carbocycles. The zero-order chi connectivity index (χ0) is 12.1. The predicted octanol–water partition coefficient (Wildman–Crippen LogP) is 3.12. The molecule has 2 rings (SSSR count). The van der Waals surface area contributed by atoms with Gasteiger partial charge in [0.2, 0.25) is 0 Å². The number of methoxy groups -OCH3 is 1. The Morgan fingerprint density at radius 2 is 1.94 bits per heavy atom. The highest BCUT2D eigenvalue weighted by atomic mass is 16.5. The molecule has 94 valence electrons. The van der Waals surface area contributed by atoms with Gasteiger partial charge in [-0.15, -0.1) is 0 Å². The van der Waals surface area contributed by atoms with E-state index in [2.05, 4.69) is 36.5 Å². The van der Waals surface area contributed by atoms with E-state index in [1.165, 1.54) is 31.2 Å². The van der Waals surface area contributed by atoms with Crippen LogP contribution in [0.2, 0.25) is 0 Å². The first-order chi connectivity index (χ1) is 8.30. The SMILES string of the molecule is CCCNCC1(c2ccc(OC)cc2)CCC1. The minimum Gasteiger partial charge on any atom is -0.497 e. The Balaban J connectivity index is 2.05. The minimum absolute atomic E-state index is 0.390. The molecular formula is C15H23NO. The van der Waals surface area contributed by atoms with Crippen LogP contribution in [0.1, 0.15) is 38.2 Å². The first-order valence-corrected chi connectivity index (χ1v) is 6.66. The molecule has 2 nitrogen and oxygen atoms in total. The molecule has 0 aliphatic heterocycles. The van der Waals surface area contributed by atoms with Crippen molar-refractivity contribution in [2.75, 3.05) is 20.2 Å². The monoisotopic (exact) mass is 233 g/mol. The summed E-state index contributed by atoms with van der Waals surface area (Å²) in [6.07, 6.45) is 5.20. The third-order valence-corrected chi connectivity index (χ3v) is 3.90. The van der Waals surface area contributed by atoms with Crippen molar-refractivity contribution in [1.82, 2.24) is 5.32 Å². The molecule has 1 aliphatic carbocycles. The van der Waals surface area contributed by atoms with E-state index in [1.807, 2.05) is 0 Å². The smallest absolute Gasteiger partial charge is 0.118 e. The van der Waals surface area contributed by atoms with E-state index in [0.29, 0.717) is 5.41 Å². The maximum atomic E-state index is 5.22. The number of nitrogens with one attached hydrogen (secondary N) is 1. The molecule has 1 fully saturated rings. The van der Waals surface area contributed by atoms with E-state index in [9.17, 15) is 0 Å². The molecule has 0 aromatic heterocycles. The molecule has 0 radical (unpaired) electrons. The fourth-order valence-electron chi connectivity index (χ4n) is 2.62. The summed E-state index contributed by atoms with van der Waals surface area (Å²) >= 11 is 0. The van der Waals surface area contributed by atoms with Crippen molar-refractivity contribution in [3.8, 4) is 5.75 Å². The quantitative estimate of drug-likeness (QED) is 0.762. The summed E-state index contributed by atoms with van der Waals surface area (Å²) in [5, 5.41) is 3.57. The van der Waals surface area contributed by atoms with Crippen molar-refractivity contribution in [3.05, 3.63) is 29.8 Å². The lowest BCUT2D eigenvalue weighted by atomic mass is 9.64. The molecule has 0 spiro atoms. The van der Waals surface area contributed by atoms with Crippen molar-refractivity contribution in [2.24, 2.45) is 0 Å². The summed E-state index contributed by atoms with van der Waals surface area (Å²) in [5.41, 5.74) is 1.86. The lowest BCUT2D eigenvalue weighted by Gasteiger charge is -2.43. The molecule has 0 unspecified atom stereocenters. The Labute approximate surface area is 104 Å². The van der Waals surface area contributed by atoms with Gasteiger partial charge in [-0.2, -0.15) is 0 Å². The van der Waals surface area contributed by atoms with Gasteiger partial charge in [0, 0.05) is 12.0 Å². The maximum absolute atomic E-state index is 5.22. The van der Waals surface area contributed by atoms with Crippen LogP contribution in [0.5, 0.6) is 5.75 Å². The zero-order valence-electron chi connectivity index (χ0n) is 11.0. The second-order valence-electron chi connectivity index (χ2n) is 5.04. The first-order valence-electron chi connectivity index (χ1n) is 6.66. The number of benzene rings is 1. The molecular weight excluding hydrogens is 210 g/mol. The van der Waals surface area contributed by atoms with Crippen LogP contribution in [-0.4, -0.2) is 20.2 Å². The third kappa shape index (κ3) is 2.63. The third-order valence-electron chi connectivity index (χ3n) is 3.90. The lowest BCUT2D eigenvalue weighted by Crippen LogP contribution is -2.44. The summed E-state index contributed by atoms with van der Waals surface area (Å²) in [6.45, 7) is 4.46. The second kappa shape index (κ2) is 5.54. The highest BCUT2D eigenvalue weighted by Gasteiger charge is 2.37. The van der Waals surface area contributed by atoms with E-state index in [1.54, 1.807) is 7.11 Å². The molecule has 0 amide bonds. The van der Waals surface area contributed by atoms with Gasteiger partial charge in [0.25, 0.3) is 0 Å². The van der Waals surface area contributed by atoms with E-state index < -0.39 is 0 Å². The van der Waals surface area contributed by atoms with Crippen molar-refractivity contribution in [1.29, 1.82) is 0 Å². The summed E-state index contributed by atoms with van der Waals surface area (Å²) in [5.74, 6) is 0.949. The number of hydrogen-bond acceptors (Lipinski definition) is 2. The van der Waals surface area contributed by atoms with Gasteiger partial charge in [0.05, 0.1) is 7.11 Å². The highest BCUT2D eigenvalue weighted by molar-refractivity contribution is 5.34. The Morgan fingerprint density at radius 1 is 1.24 bits per heavy atom. The molecule has 1 N–H and O–H groups in total. The van der Waals surface area contributed by atoms with Crippen LogP contribution < -0.4 is 10.1 Å². The summed E-state index contributed by atoms with van der Waals surface area (Å²) in [4.78, 5) is 0. The van der Waals surface area contributed by atoms with Gasteiger partial charge < -0.3 is 10.1 Å². The highest BCUT2D eigenvalue weighted by Crippen LogP contribution is 2.43. The van der Waals surface area contributed by atoms with Crippen LogP contribution in [-0.2, 0) is 5.41 Å². The largest absolute Gasteiger partial charge is 0.497 e. The van der Waals surface area contributed by atoms with Crippen LogP contribution in [0.15, 0.2) is 24.3 Å². The van der Waals surface area contributed by atoms with Gasteiger partial charge in [-0.3, -0.25) is 0 Å². The number of rotatable bonds is 6. The normalized spacial score (nSPS) is 17.5. The van der Waals surface area contributed by atoms with Gasteiger partial charge in [-0.1, -0.05) is 25.5 Å². The van der Waals surface area contributed by atoms with Crippen molar-refractivity contribution in [2.45, 2.75) is 38.0 Å². The fraction of sp³-hybridized carbons (Fsp3) is 0.600. The zero-order valence-corrected chi connectivity index (χ0v) is 11.0. The molecule has 1 aromatic carbocycles.